The van der Waals surface area contributed by atoms with Gasteiger partial charge < -0.3 is 4.57 Å². The second kappa shape index (κ2) is 2.93. The van der Waals surface area contributed by atoms with Crippen LogP contribution in [0.25, 0.3) is 11.7 Å². The van der Waals surface area contributed by atoms with Crippen LogP contribution in [-0.2, 0) is 7.05 Å². The average Bonchev–Trinajstić information content (AvgIpc) is 2.32. The molecule has 0 N–H and O–H groups in total. The van der Waals surface area contributed by atoms with Gasteiger partial charge in [-0.2, -0.15) is 0 Å². The molecule has 0 aromatic carbocycles. The van der Waals surface area contributed by atoms with Gasteiger partial charge >= 0.3 is 0 Å². The highest BCUT2D eigenvalue weighted by atomic mass is 35.5. The molecule has 1 rings (SSSR count). The van der Waals surface area contributed by atoms with Crippen molar-refractivity contribution in [1.82, 2.24) is 4.57 Å². The summed E-state index contributed by atoms with van der Waals surface area (Å²) in [5.41, 5.74) is 0. The zero-order valence-electron chi connectivity index (χ0n) is 6.34. The normalized spacial score (nSPS) is 12.9. The van der Waals surface area contributed by atoms with Crippen LogP contribution < -0.4 is 10.6 Å². The minimum atomic E-state index is 0.399. The second-order valence-electron chi connectivity index (χ2n) is 2.24. The highest BCUT2D eigenvalue weighted by Crippen LogP contribution is 1.97. The second-order valence-corrected chi connectivity index (χ2v) is 2.59. The first-order chi connectivity index (χ1) is 5.16. The SMILES string of the molecule is C=N/C(Cl)=c1/ccn(C)c1=C. The maximum absolute atomic E-state index is 5.74. The van der Waals surface area contributed by atoms with E-state index in [4.69, 9.17) is 11.6 Å². The van der Waals surface area contributed by atoms with Crippen LogP contribution in [0.5, 0.6) is 0 Å². The molecule has 0 bridgehead atoms. The van der Waals surface area contributed by atoms with Crippen LogP contribution in [0.1, 0.15) is 0 Å². The zero-order valence-corrected chi connectivity index (χ0v) is 7.10. The van der Waals surface area contributed by atoms with Crippen molar-refractivity contribution < 1.29 is 0 Å². The third-order valence-corrected chi connectivity index (χ3v) is 1.89. The number of hydrogen-bond donors (Lipinski definition) is 0. The first kappa shape index (κ1) is 8.08. The smallest absolute Gasteiger partial charge is 0.137 e. The van der Waals surface area contributed by atoms with Gasteiger partial charge in [0.05, 0.1) is 0 Å². The Labute approximate surface area is 70.1 Å². The van der Waals surface area contributed by atoms with Gasteiger partial charge in [-0.05, 0) is 12.8 Å². The van der Waals surface area contributed by atoms with Crippen molar-refractivity contribution in [3.8, 4) is 0 Å². The Kier molecular flexibility index (Phi) is 2.15. The van der Waals surface area contributed by atoms with Crippen LogP contribution in [0.15, 0.2) is 17.3 Å². The van der Waals surface area contributed by atoms with Gasteiger partial charge in [-0.1, -0.05) is 18.2 Å². The van der Waals surface area contributed by atoms with E-state index < -0.39 is 0 Å². The van der Waals surface area contributed by atoms with Crippen molar-refractivity contribution in [1.29, 1.82) is 0 Å². The van der Waals surface area contributed by atoms with E-state index in [1.807, 2.05) is 23.9 Å². The van der Waals surface area contributed by atoms with E-state index >= 15 is 0 Å². The quantitative estimate of drug-likeness (QED) is 0.428. The standard InChI is InChI=1S/C8H9ClN2/c1-6-7(8(9)10-2)4-5-11(6)3/h4-5H,1-2H2,3H3/b8-7-. The molecule has 11 heavy (non-hydrogen) atoms. The Morgan fingerprint density at radius 1 is 1.73 bits per heavy atom. The van der Waals surface area contributed by atoms with Gasteiger partial charge in [-0.15, -0.1) is 0 Å². The van der Waals surface area contributed by atoms with Crippen molar-refractivity contribution in [3.05, 3.63) is 22.8 Å². The number of aromatic nitrogens is 1. The summed E-state index contributed by atoms with van der Waals surface area (Å²) in [4.78, 5) is 3.61. The van der Waals surface area contributed by atoms with E-state index in [2.05, 4.69) is 18.3 Å². The number of nitrogens with zero attached hydrogens (tertiary/aromatic N) is 2. The Bertz CT molecular complexity index is 375. The predicted molar refractivity (Wildman–Crippen MR) is 49.0 cm³/mol. The molecule has 0 fully saturated rings. The molecule has 0 saturated heterocycles. The third kappa shape index (κ3) is 1.35. The molecule has 0 atom stereocenters. The lowest BCUT2D eigenvalue weighted by Gasteiger charge is -1.87. The summed E-state index contributed by atoms with van der Waals surface area (Å²) in [6.45, 7) is 7.15. The van der Waals surface area contributed by atoms with Crippen LogP contribution >= 0.6 is 11.6 Å². The number of aryl methyl sites for hydroxylation is 1. The highest BCUT2D eigenvalue weighted by Gasteiger charge is 1.92. The summed E-state index contributed by atoms with van der Waals surface area (Å²) in [5, 5.41) is 2.09. The summed E-state index contributed by atoms with van der Waals surface area (Å²) in [7, 11) is 1.90. The molecule has 0 aliphatic heterocycles. The molecule has 1 aromatic rings. The largest absolute Gasteiger partial charge is 0.351 e. The topological polar surface area (TPSA) is 17.3 Å². The van der Waals surface area contributed by atoms with Crippen LogP contribution in [-0.4, -0.2) is 11.3 Å². The summed E-state index contributed by atoms with van der Waals surface area (Å²) in [6, 6.07) is 1.86. The Morgan fingerprint density at radius 2 is 2.36 bits per heavy atom. The predicted octanol–water partition coefficient (Wildman–Crippen LogP) is 0.441. The van der Waals surface area contributed by atoms with Gasteiger partial charge in [0.1, 0.15) is 5.16 Å². The number of halogens is 1. The lowest BCUT2D eigenvalue weighted by Crippen LogP contribution is -2.26. The summed E-state index contributed by atoms with van der Waals surface area (Å²) in [5.74, 6) is 0. The van der Waals surface area contributed by atoms with E-state index in [0.717, 1.165) is 10.6 Å². The van der Waals surface area contributed by atoms with E-state index in [0.29, 0.717) is 5.16 Å². The molecule has 0 unspecified atom stereocenters. The van der Waals surface area contributed by atoms with E-state index in [1.165, 1.54) is 0 Å². The minimum absolute atomic E-state index is 0.399. The molecule has 0 radical (unpaired) electrons. The first-order valence-electron chi connectivity index (χ1n) is 3.13. The van der Waals surface area contributed by atoms with E-state index in [-0.39, 0.29) is 0 Å². The number of hydrogen-bond acceptors (Lipinski definition) is 1. The fourth-order valence-electron chi connectivity index (χ4n) is 0.836. The first-order valence-corrected chi connectivity index (χ1v) is 3.51. The van der Waals surface area contributed by atoms with Gasteiger partial charge in [-0.25, -0.2) is 0 Å². The molecule has 58 valence electrons. The van der Waals surface area contributed by atoms with E-state index in [9.17, 15) is 0 Å². The molecule has 0 amide bonds. The zero-order chi connectivity index (χ0) is 8.43. The van der Waals surface area contributed by atoms with Crippen LogP contribution in [0, 0.1) is 0 Å². The Balaban J connectivity index is 3.60. The van der Waals surface area contributed by atoms with E-state index in [1.54, 1.807) is 0 Å². The van der Waals surface area contributed by atoms with Crippen LogP contribution in [0.2, 0.25) is 0 Å². The minimum Gasteiger partial charge on any atom is -0.351 e. The monoisotopic (exact) mass is 168 g/mol. The van der Waals surface area contributed by atoms with Crippen molar-refractivity contribution in [3.63, 3.8) is 0 Å². The Hall–Kier alpha value is -1.02. The van der Waals surface area contributed by atoms with Gasteiger partial charge in [-0.3, -0.25) is 4.99 Å². The van der Waals surface area contributed by atoms with Gasteiger partial charge in [0.2, 0.25) is 0 Å². The number of rotatable bonds is 1. The summed E-state index contributed by atoms with van der Waals surface area (Å²) < 4.78 is 1.88. The Morgan fingerprint density at radius 3 is 2.73 bits per heavy atom. The average molecular weight is 169 g/mol. The molecule has 0 aliphatic carbocycles. The van der Waals surface area contributed by atoms with Crippen LogP contribution in [0.4, 0.5) is 0 Å². The summed E-state index contributed by atoms with van der Waals surface area (Å²) in [6.07, 6.45) is 1.88. The van der Waals surface area contributed by atoms with Crippen molar-refractivity contribution >= 4 is 30.1 Å². The van der Waals surface area contributed by atoms with Gasteiger partial charge in [0.15, 0.2) is 0 Å². The maximum atomic E-state index is 5.74. The molecule has 3 heteroatoms. The maximum Gasteiger partial charge on any atom is 0.137 e. The lowest BCUT2D eigenvalue weighted by molar-refractivity contribution is 0.891. The van der Waals surface area contributed by atoms with Gasteiger partial charge in [0.25, 0.3) is 0 Å². The molecule has 1 heterocycles. The molecule has 0 aliphatic rings. The fraction of sp³-hybridized carbons (Fsp3) is 0.125. The van der Waals surface area contributed by atoms with Gasteiger partial charge in [0, 0.05) is 23.8 Å². The fourth-order valence-corrected chi connectivity index (χ4v) is 1.01. The summed E-state index contributed by atoms with van der Waals surface area (Å²) >= 11 is 5.74. The molecule has 2 nitrogen and oxygen atoms in total. The van der Waals surface area contributed by atoms with Crippen molar-refractivity contribution in [2.75, 3.05) is 0 Å². The van der Waals surface area contributed by atoms with Crippen molar-refractivity contribution in [2.45, 2.75) is 0 Å². The number of aliphatic imine (C=N–C) groups is 1. The molecule has 0 saturated carbocycles. The molecular formula is C8H9ClN2. The van der Waals surface area contributed by atoms with Crippen LogP contribution in [0.3, 0.4) is 0 Å². The molecular weight excluding hydrogens is 160 g/mol. The lowest BCUT2D eigenvalue weighted by atomic mass is 10.4. The highest BCUT2D eigenvalue weighted by molar-refractivity contribution is 6.45. The third-order valence-electron chi connectivity index (χ3n) is 1.56. The molecule has 1 aromatic heterocycles. The molecule has 0 spiro atoms. The van der Waals surface area contributed by atoms with Crippen molar-refractivity contribution in [2.24, 2.45) is 12.0 Å².